The highest BCUT2D eigenvalue weighted by atomic mass is 32.2. The lowest BCUT2D eigenvalue weighted by Gasteiger charge is -2.11. The van der Waals surface area contributed by atoms with Gasteiger partial charge in [0.2, 0.25) is 10.0 Å². The summed E-state index contributed by atoms with van der Waals surface area (Å²) in [6, 6.07) is 11.4. The molecule has 0 aliphatic heterocycles. The molecule has 3 aromatic rings. The summed E-state index contributed by atoms with van der Waals surface area (Å²) >= 11 is 1.55. The Morgan fingerprint density at radius 1 is 1.04 bits per heavy atom. The summed E-state index contributed by atoms with van der Waals surface area (Å²) in [5, 5.41) is 2.88. The predicted molar refractivity (Wildman–Crippen MR) is 114 cm³/mol. The van der Waals surface area contributed by atoms with Crippen LogP contribution in [0.5, 0.6) is 5.75 Å². The monoisotopic (exact) mass is 416 g/mol. The fourth-order valence-electron chi connectivity index (χ4n) is 2.90. The molecule has 0 aliphatic rings. The third-order valence-corrected chi connectivity index (χ3v) is 7.19. The molecule has 0 saturated heterocycles. The van der Waals surface area contributed by atoms with E-state index in [0.717, 1.165) is 38.7 Å². The number of hydrogen-bond donors (Lipinski definition) is 1. The number of benzene rings is 2. The van der Waals surface area contributed by atoms with Gasteiger partial charge in [0.1, 0.15) is 10.8 Å². The van der Waals surface area contributed by atoms with Crippen LogP contribution in [-0.2, 0) is 16.4 Å². The largest absolute Gasteiger partial charge is 0.497 e. The summed E-state index contributed by atoms with van der Waals surface area (Å²) in [6.45, 7) is 6.03. The molecule has 2 aromatic carbocycles. The zero-order chi connectivity index (χ0) is 20.3. The molecule has 1 N–H and O–H groups in total. The van der Waals surface area contributed by atoms with Crippen LogP contribution in [0.2, 0.25) is 0 Å². The van der Waals surface area contributed by atoms with E-state index in [0.29, 0.717) is 17.9 Å². The summed E-state index contributed by atoms with van der Waals surface area (Å²) < 4.78 is 33.2. The lowest BCUT2D eigenvalue weighted by Crippen LogP contribution is -2.26. The van der Waals surface area contributed by atoms with Crippen molar-refractivity contribution in [2.75, 3.05) is 13.7 Å². The molecule has 0 radical (unpaired) electrons. The number of rotatable bonds is 7. The number of aryl methyl sites for hydroxylation is 3. The Morgan fingerprint density at radius 3 is 2.39 bits per heavy atom. The van der Waals surface area contributed by atoms with Crippen LogP contribution < -0.4 is 9.46 Å². The summed E-state index contributed by atoms with van der Waals surface area (Å²) in [5.74, 6) is 0.802. The van der Waals surface area contributed by atoms with E-state index in [4.69, 9.17) is 4.74 Å². The summed E-state index contributed by atoms with van der Waals surface area (Å²) in [5.41, 5.74) is 4.70. The topological polar surface area (TPSA) is 68.3 Å². The molecule has 1 aromatic heterocycles. The van der Waals surface area contributed by atoms with Crippen molar-refractivity contribution in [2.24, 2.45) is 0 Å². The minimum absolute atomic E-state index is 0.306. The number of ether oxygens (including phenoxy) is 1. The van der Waals surface area contributed by atoms with Crippen molar-refractivity contribution in [1.82, 2.24) is 9.71 Å². The number of thiazole rings is 1. The molecule has 28 heavy (non-hydrogen) atoms. The van der Waals surface area contributed by atoms with Crippen LogP contribution in [0.1, 0.15) is 22.4 Å². The van der Waals surface area contributed by atoms with Gasteiger partial charge in [-0.1, -0.05) is 6.07 Å². The first-order valence-corrected chi connectivity index (χ1v) is 11.3. The summed E-state index contributed by atoms with van der Waals surface area (Å²) in [7, 11) is -1.91. The van der Waals surface area contributed by atoms with E-state index in [-0.39, 0.29) is 0 Å². The predicted octanol–water partition coefficient (Wildman–Crippen LogP) is 4.26. The first-order chi connectivity index (χ1) is 13.3. The van der Waals surface area contributed by atoms with Gasteiger partial charge in [-0.25, -0.2) is 18.1 Å². The molecule has 1 heterocycles. The molecule has 0 amide bonds. The van der Waals surface area contributed by atoms with Gasteiger partial charge in [-0.15, -0.1) is 11.3 Å². The molecule has 0 saturated carbocycles. The molecule has 0 bridgehead atoms. The van der Waals surface area contributed by atoms with Gasteiger partial charge in [-0.3, -0.25) is 0 Å². The number of hydrogen-bond acceptors (Lipinski definition) is 5. The van der Waals surface area contributed by atoms with Crippen molar-refractivity contribution in [2.45, 2.75) is 32.1 Å². The molecule has 0 atom stereocenters. The van der Waals surface area contributed by atoms with Gasteiger partial charge in [0.15, 0.2) is 0 Å². The van der Waals surface area contributed by atoms with Gasteiger partial charge in [0.05, 0.1) is 17.7 Å². The highest BCUT2D eigenvalue weighted by Crippen LogP contribution is 2.26. The van der Waals surface area contributed by atoms with Crippen LogP contribution in [-0.4, -0.2) is 27.1 Å². The molecule has 0 unspecified atom stereocenters. The van der Waals surface area contributed by atoms with E-state index in [9.17, 15) is 8.42 Å². The maximum absolute atomic E-state index is 12.7. The van der Waals surface area contributed by atoms with Crippen LogP contribution in [0.3, 0.4) is 0 Å². The maximum atomic E-state index is 12.7. The van der Waals surface area contributed by atoms with Gasteiger partial charge in [-0.05, 0) is 67.8 Å². The van der Waals surface area contributed by atoms with Crippen LogP contribution >= 0.6 is 11.3 Å². The fraction of sp³-hybridized carbons (Fsp3) is 0.286. The van der Waals surface area contributed by atoms with Crippen LogP contribution in [0.15, 0.2) is 46.7 Å². The van der Waals surface area contributed by atoms with Gasteiger partial charge in [-0.2, -0.15) is 0 Å². The molecule has 0 spiro atoms. The highest BCUT2D eigenvalue weighted by molar-refractivity contribution is 7.89. The molecule has 3 rings (SSSR count). The Kier molecular flexibility index (Phi) is 6.17. The average Bonchev–Trinajstić information content (AvgIpc) is 3.13. The molecule has 7 heteroatoms. The lowest BCUT2D eigenvalue weighted by atomic mass is 10.1. The normalized spacial score (nSPS) is 11.6. The second kappa shape index (κ2) is 8.43. The van der Waals surface area contributed by atoms with E-state index in [1.165, 1.54) is 0 Å². The third kappa shape index (κ3) is 4.60. The van der Waals surface area contributed by atoms with E-state index in [1.807, 2.05) is 56.5 Å². The minimum Gasteiger partial charge on any atom is -0.497 e. The van der Waals surface area contributed by atoms with Crippen LogP contribution in [0.4, 0.5) is 0 Å². The quantitative estimate of drug-likeness (QED) is 0.625. The lowest BCUT2D eigenvalue weighted by molar-refractivity contribution is 0.415. The average molecular weight is 417 g/mol. The second-order valence-electron chi connectivity index (χ2n) is 6.72. The smallest absolute Gasteiger partial charge is 0.240 e. The van der Waals surface area contributed by atoms with Crippen molar-refractivity contribution in [1.29, 1.82) is 0 Å². The number of nitrogens with one attached hydrogen (secondary N) is 1. The third-order valence-electron chi connectivity index (χ3n) is 4.64. The SMILES string of the molecule is COc1ccc(-c2nc(CCNS(=O)(=O)c3cc(C)c(C)cc3C)cs2)cc1. The van der Waals surface area contributed by atoms with Crippen LogP contribution in [0.25, 0.3) is 10.6 Å². The molecule has 0 fully saturated rings. The Bertz CT molecular complexity index is 1070. The van der Waals surface area contributed by atoms with E-state index < -0.39 is 10.0 Å². The van der Waals surface area contributed by atoms with Gasteiger partial charge in [0, 0.05) is 23.9 Å². The van der Waals surface area contributed by atoms with E-state index in [2.05, 4.69) is 9.71 Å². The number of methoxy groups -OCH3 is 1. The Hall–Kier alpha value is -2.22. The van der Waals surface area contributed by atoms with Crippen molar-refractivity contribution >= 4 is 21.4 Å². The van der Waals surface area contributed by atoms with Gasteiger partial charge < -0.3 is 4.74 Å². The van der Waals surface area contributed by atoms with E-state index >= 15 is 0 Å². The Balaban J connectivity index is 1.65. The first-order valence-electron chi connectivity index (χ1n) is 8.96. The van der Waals surface area contributed by atoms with Crippen molar-refractivity contribution in [3.05, 3.63) is 64.2 Å². The number of sulfonamides is 1. The maximum Gasteiger partial charge on any atom is 0.240 e. The number of aromatic nitrogens is 1. The highest BCUT2D eigenvalue weighted by Gasteiger charge is 2.17. The standard InChI is InChI=1S/C21H24N2O3S2/c1-14-11-16(3)20(12-15(14)2)28(24,25)22-10-9-18-13-27-21(23-18)17-5-7-19(26-4)8-6-17/h5-8,11-13,22H,9-10H2,1-4H3. The molecular formula is C21H24N2O3S2. The van der Waals surface area contributed by atoms with Crippen molar-refractivity contribution in [3.8, 4) is 16.3 Å². The van der Waals surface area contributed by atoms with Crippen molar-refractivity contribution < 1.29 is 13.2 Å². The van der Waals surface area contributed by atoms with Gasteiger partial charge >= 0.3 is 0 Å². The van der Waals surface area contributed by atoms with Gasteiger partial charge in [0.25, 0.3) is 0 Å². The molecule has 0 aliphatic carbocycles. The summed E-state index contributed by atoms with van der Waals surface area (Å²) in [4.78, 5) is 4.96. The Labute approximate surface area is 170 Å². The second-order valence-corrected chi connectivity index (χ2v) is 9.32. The summed E-state index contributed by atoms with van der Waals surface area (Å²) in [6.07, 6.45) is 0.537. The zero-order valence-corrected chi connectivity index (χ0v) is 18.1. The number of nitrogens with zero attached hydrogens (tertiary/aromatic N) is 1. The van der Waals surface area contributed by atoms with E-state index in [1.54, 1.807) is 24.5 Å². The van der Waals surface area contributed by atoms with Crippen molar-refractivity contribution in [3.63, 3.8) is 0 Å². The van der Waals surface area contributed by atoms with Crippen LogP contribution in [0, 0.1) is 20.8 Å². The first kappa shape index (κ1) is 20.5. The minimum atomic E-state index is -3.54. The Morgan fingerprint density at radius 2 is 1.71 bits per heavy atom. The zero-order valence-electron chi connectivity index (χ0n) is 16.4. The molecule has 5 nitrogen and oxygen atoms in total. The molecule has 148 valence electrons. The fourth-order valence-corrected chi connectivity index (χ4v) is 5.10. The molecular weight excluding hydrogens is 392 g/mol.